The van der Waals surface area contributed by atoms with Crippen LogP contribution in [0.25, 0.3) is 0 Å². The molecular weight excluding hydrogens is 299 g/mol. The van der Waals surface area contributed by atoms with E-state index in [1.807, 2.05) is 18.2 Å². The van der Waals surface area contributed by atoms with Crippen LogP contribution in [0.3, 0.4) is 0 Å². The van der Waals surface area contributed by atoms with Crippen LogP contribution in [-0.4, -0.2) is 10.8 Å². The minimum Gasteiger partial charge on any atom is -0.357 e. The number of hydrogen-bond acceptors (Lipinski definition) is 4. The van der Waals surface area contributed by atoms with Crippen LogP contribution < -0.4 is 5.32 Å². The lowest BCUT2D eigenvalue weighted by Crippen LogP contribution is -2.03. The summed E-state index contributed by atoms with van der Waals surface area (Å²) in [5, 5.41) is 5.55. The number of rotatable bonds is 5. The largest absolute Gasteiger partial charge is 0.357 e. The Bertz CT molecular complexity index is 769. The molecule has 110 valence electrons. The highest BCUT2D eigenvalue weighted by Gasteiger charge is 2.12. The highest BCUT2D eigenvalue weighted by atomic mass is 32.1. The monoisotopic (exact) mass is 312 g/mol. The van der Waals surface area contributed by atoms with E-state index in [1.54, 1.807) is 29.6 Å². The van der Waals surface area contributed by atoms with Gasteiger partial charge in [0.1, 0.15) is 11.5 Å². The predicted molar refractivity (Wildman–Crippen MR) is 85.7 cm³/mol. The molecule has 3 nitrogen and oxygen atoms in total. The molecule has 0 aliphatic rings. The van der Waals surface area contributed by atoms with Gasteiger partial charge < -0.3 is 5.32 Å². The molecule has 3 aromatic rings. The van der Waals surface area contributed by atoms with Gasteiger partial charge in [0.15, 0.2) is 5.13 Å². The molecule has 0 aliphatic carbocycles. The van der Waals surface area contributed by atoms with E-state index in [4.69, 9.17) is 0 Å². The van der Waals surface area contributed by atoms with Crippen molar-refractivity contribution in [3.05, 3.63) is 82.6 Å². The minimum atomic E-state index is -0.256. The van der Waals surface area contributed by atoms with Crippen LogP contribution in [0.2, 0.25) is 0 Å². The summed E-state index contributed by atoms with van der Waals surface area (Å²) in [6.45, 7) is 0.534. The van der Waals surface area contributed by atoms with Crippen molar-refractivity contribution in [2.45, 2.75) is 6.54 Å². The second-order valence-electron chi connectivity index (χ2n) is 4.71. The fourth-order valence-corrected chi connectivity index (χ4v) is 2.67. The maximum atomic E-state index is 12.8. The number of thiazole rings is 1. The molecule has 0 saturated heterocycles. The topological polar surface area (TPSA) is 42.0 Å². The number of nitrogens with zero attached hydrogens (tertiary/aromatic N) is 1. The Balaban J connectivity index is 1.66. The van der Waals surface area contributed by atoms with E-state index in [1.165, 1.54) is 23.5 Å². The first-order valence-corrected chi connectivity index (χ1v) is 7.64. The Hall–Kier alpha value is -2.53. The molecule has 1 heterocycles. The van der Waals surface area contributed by atoms with E-state index in [0.717, 1.165) is 5.56 Å². The van der Waals surface area contributed by atoms with Crippen molar-refractivity contribution < 1.29 is 9.18 Å². The average molecular weight is 312 g/mol. The lowest BCUT2D eigenvalue weighted by Gasteiger charge is -2.02. The molecule has 1 N–H and O–H groups in total. The normalized spacial score (nSPS) is 10.4. The summed E-state index contributed by atoms with van der Waals surface area (Å²) in [4.78, 5) is 16.5. The average Bonchev–Trinajstić information content (AvgIpc) is 3.03. The van der Waals surface area contributed by atoms with Crippen molar-refractivity contribution in [1.29, 1.82) is 0 Å². The van der Waals surface area contributed by atoms with Crippen LogP contribution in [0.4, 0.5) is 9.52 Å². The SMILES string of the molecule is O=C(c1ccccc1)c1csc(NCc2ccc(F)cc2)n1. The lowest BCUT2D eigenvalue weighted by atomic mass is 10.1. The van der Waals surface area contributed by atoms with Gasteiger partial charge in [-0.25, -0.2) is 9.37 Å². The highest BCUT2D eigenvalue weighted by molar-refractivity contribution is 7.13. The third kappa shape index (κ3) is 3.38. The fraction of sp³-hybridized carbons (Fsp3) is 0.0588. The first kappa shape index (κ1) is 14.4. The van der Waals surface area contributed by atoms with Gasteiger partial charge in [0.05, 0.1) is 0 Å². The van der Waals surface area contributed by atoms with Gasteiger partial charge in [-0.2, -0.15) is 0 Å². The quantitative estimate of drug-likeness (QED) is 0.720. The Morgan fingerprint density at radius 3 is 2.55 bits per heavy atom. The molecule has 2 aromatic carbocycles. The summed E-state index contributed by atoms with van der Waals surface area (Å²) in [6.07, 6.45) is 0. The molecule has 0 saturated carbocycles. The number of anilines is 1. The van der Waals surface area contributed by atoms with Crippen LogP contribution in [0, 0.1) is 5.82 Å². The van der Waals surface area contributed by atoms with Crippen LogP contribution in [0.1, 0.15) is 21.6 Å². The molecule has 0 atom stereocenters. The maximum absolute atomic E-state index is 12.8. The molecule has 22 heavy (non-hydrogen) atoms. The van der Waals surface area contributed by atoms with Crippen molar-refractivity contribution in [1.82, 2.24) is 4.98 Å². The zero-order valence-corrected chi connectivity index (χ0v) is 12.4. The number of benzene rings is 2. The summed E-state index contributed by atoms with van der Waals surface area (Å²) in [5.74, 6) is -0.347. The second-order valence-corrected chi connectivity index (χ2v) is 5.57. The van der Waals surface area contributed by atoms with Gasteiger partial charge in [0.25, 0.3) is 0 Å². The summed E-state index contributed by atoms with van der Waals surface area (Å²) in [5.41, 5.74) is 2.00. The van der Waals surface area contributed by atoms with Crippen molar-refractivity contribution in [2.24, 2.45) is 0 Å². The lowest BCUT2D eigenvalue weighted by molar-refractivity contribution is 0.103. The van der Waals surface area contributed by atoms with Gasteiger partial charge in [-0.3, -0.25) is 4.79 Å². The van der Waals surface area contributed by atoms with Gasteiger partial charge in [-0.1, -0.05) is 42.5 Å². The number of halogens is 1. The van der Waals surface area contributed by atoms with Crippen molar-refractivity contribution in [3.8, 4) is 0 Å². The third-order valence-electron chi connectivity index (χ3n) is 3.13. The van der Waals surface area contributed by atoms with Crippen LogP contribution >= 0.6 is 11.3 Å². The number of aromatic nitrogens is 1. The number of ketones is 1. The van der Waals surface area contributed by atoms with E-state index in [0.29, 0.717) is 22.9 Å². The molecule has 0 bridgehead atoms. The van der Waals surface area contributed by atoms with E-state index in [2.05, 4.69) is 10.3 Å². The summed E-state index contributed by atoms with van der Waals surface area (Å²) in [7, 11) is 0. The molecule has 0 aliphatic heterocycles. The molecular formula is C17H13FN2OS. The van der Waals surface area contributed by atoms with Crippen LogP contribution in [0.15, 0.2) is 60.0 Å². The molecule has 1 aromatic heterocycles. The van der Waals surface area contributed by atoms with Gasteiger partial charge in [-0.15, -0.1) is 11.3 Å². The zero-order valence-electron chi connectivity index (χ0n) is 11.6. The van der Waals surface area contributed by atoms with Gasteiger partial charge in [0.2, 0.25) is 5.78 Å². The minimum absolute atomic E-state index is 0.0910. The number of carbonyl (C=O) groups is 1. The Morgan fingerprint density at radius 2 is 1.82 bits per heavy atom. The predicted octanol–water partition coefficient (Wildman–Crippen LogP) is 4.13. The molecule has 0 fully saturated rings. The van der Waals surface area contributed by atoms with Gasteiger partial charge in [-0.05, 0) is 17.7 Å². The molecule has 5 heteroatoms. The van der Waals surface area contributed by atoms with E-state index in [9.17, 15) is 9.18 Å². The van der Waals surface area contributed by atoms with E-state index >= 15 is 0 Å². The highest BCUT2D eigenvalue weighted by Crippen LogP contribution is 2.19. The van der Waals surface area contributed by atoms with Crippen LogP contribution in [-0.2, 0) is 6.54 Å². The summed E-state index contributed by atoms with van der Waals surface area (Å²) >= 11 is 1.38. The van der Waals surface area contributed by atoms with Crippen LogP contribution in [0.5, 0.6) is 0 Å². The van der Waals surface area contributed by atoms with Gasteiger partial charge >= 0.3 is 0 Å². The zero-order chi connectivity index (χ0) is 15.4. The van der Waals surface area contributed by atoms with E-state index < -0.39 is 0 Å². The number of carbonyl (C=O) groups excluding carboxylic acids is 1. The molecule has 0 spiro atoms. The van der Waals surface area contributed by atoms with Gasteiger partial charge in [0, 0.05) is 17.5 Å². The molecule has 0 unspecified atom stereocenters. The fourth-order valence-electron chi connectivity index (χ4n) is 1.98. The standard InChI is InChI=1S/C17H13FN2OS/c18-14-8-6-12(7-9-14)10-19-17-20-15(11-22-17)16(21)13-4-2-1-3-5-13/h1-9,11H,10H2,(H,19,20). The smallest absolute Gasteiger partial charge is 0.212 e. The van der Waals surface area contributed by atoms with Crippen molar-refractivity contribution in [2.75, 3.05) is 5.32 Å². The summed E-state index contributed by atoms with van der Waals surface area (Å²) in [6, 6.07) is 15.3. The first-order chi connectivity index (χ1) is 10.7. The molecule has 0 amide bonds. The van der Waals surface area contributed by atoms with Crippen molar-refractivity contribution in [3.63, 3.8) is 0 Å². The maximum Gasteiger partial charge on any atom is 0.212 e. The Kier molecular flexibility index (Phi) is 4.25. The van der Waals surface area contributed by atoms with E-state index in [-0.39, 0.29) is 11.6 Å². The Morgan fingerprint density at radius 1 is 1.09 bits per heavy atom. The second kappa shape index (κ2) is 6.49. The number of nitrogens with one attached hydrogen (secondary N) is 1. The Labute approximate surface area is 131 Å². The van der Waals surface area contributed by atoms with Crippen molar-refractivity contribution >= 4 is 22.3 Å². The molecule has 0 radical (unpaired) electrons. The molecule has 3 rings (SSSR count). The summed E-state index contributed by atoms with van der Waals surface area (Å²) < 4.78 is 12.8. The first-order valence-electron chi connectivity index (χ1n) is 6.76. The third-order valence-corrected chi connectivity index (χ3v) is 3.93. The number of hydrogen-bond donors (Lipinski definition) is 1.